The van der Waals surface area contributed by atoms with Gasteiger partial charge in [-0.15, -0.1) is 11.3 Å². The maximum atomic E-state index is 12.4. The van der Waals surface area contributed by atoms with Crippen molar-refractivity contribution in [3.8, 4) is 0 Å². The zero-order valence-electron chi connectivity index (χ0n) is 10.3. The average Bonchev–Trinajstić information content (AvgIpc) is 2.89. The van der Waals surface area contributed by atoms with Gasteiger partial charge in [-0.1, -0.05) is 18.2 Å². The maximum absolute atomic E-state index is 12.4. The second-order valence-corrected chi connectivity index (χ2v) is 5.43. The molecule has 0 unspecified atom stereocenters. The first kappa shape index (κ1) is 11.9. The van der Waals surface area contributed by atoms with Gasteiger partial charge in [0.05, 0.1) is 17.4 Å². The molecular formula is C14H12N2O2S. The monoisotopic (exact) mass is 272 g/mol. The first-order chi connectivity index (χ1) is 9.16. The number of nitrogens with zero attached hydrogens (tertiary/aromatic N) is 1. The fourth-order valence-corrected chi connectivity index (χ4v) is 2.82. The van der Waals surface area contributed by atoms with E-state index in [2.05, 4.69) is 4.98 Å². The molecule has 0 atom stereocenters. The highest BCUT2D eigenvalue weighted by molar-refractivity contribution is 7.09. The summed E-state index contributed by atoms with van der Waals surface area (Å²) in [6.07, 6.45) is 0. The van der Waals surface area contributed by atoms with Crippen LogP contribution < -0.4 is 11.2 Å². The van der Waals surface area contributed by atoms with Crippen molar-refractivity contribution in [1.29, 1.82) is 0 Å². The lowest BCUT2D eigenvalue weighted by Crippen LogP contribution is -2.35. The quantitative estimate of drug-likeness (QED) is 0.776. The zero-order valence-corrected chi connectivity index (χ0v) is 11.2. The van der Waals surface area contributed by atoms with Crippen LogP contribution in [0.2, 0.25) is 0 Å². The highest BCUT2D eigenvalue weighted by Gasteiger charge is 2.09. The number of hydrogen-bond acceptors (Lipinski definition) is 3. The molecule has 1 aromatic carbocycles. The Hall–Kier alpha value is -2.14. The van der Waals surface area contributed by atoms with Crippen LogP contribution in [-0.4, -0.2) is 9.55 Å². The maximum Gasteiger partial charge on any atom is 0.329 e. The van der Waals surface area contributed by atoms with E-state index in [1.165, 1.54) is 15.9 Å². The van der Waals surface area contributed by atoms with E-state index < -0.39 is 0 Å². The summed E-state index contributed by atoms with van der Waals surface area (Å²) in [5.41, 5.74) is 0.922. The van der Waals surface area contributed by atoms with Crippen LogP contribution in [0, 0.1) is 6.92 Å². The Labute approximate surface area is 113 Å². The summed E-state index contributed by atoms with van der Waals surface area (Å²) in [5.74, 6) is 0. The van der Waals surface area contributed by atoms with Crippen LogP contribution in [0.4, 0.5) is 0 Å². The number of H-pyrrole nitrogens is 1. The predicted octanol–water partition coefficient (Wildman–Crippen LogP) is 2.11. The molecule has 96 valence electrons. The van der Waals surface area contributed by atoms with Crippen LogP contribution >= 0.6 is 11.3 Å². The lowest BCUT2D eigenvalue weighted by atomic mass is 10.1. The Balaban J connectivity index is 2.27. The molecule has 0 fully saturated rings. The van der Waals surface area contributed by atoms with E-state index in [0.717, 1.165) is 10.4 Å². The number of nitrogens with one attached hydrogen (secondary N) is 1. The van der Waals surface area contributed by atoms with Crippen molar-refractivity contribution in [2.75, 3.05) is 0 Å². The van der Waals surface area contributed by atoms with Gasteiger partial charge in [0.2, 0.25) is 0 Å². The molecule has 0 amide bonds. The van der Waals surface area contributed by atoms with Gasteiger partial charge in [-0.05, 0) is 30.0 Å². The molecule has 0 aliphatic heterocycles. The van der Waals surface area contributed by atoms with Crippen molar-refractivity contribution in [2.45, 2.75) is 13.5 Å². The van der Waals surface area contributed by atoms with Crippen LogP contribution in [0.15, 0.2) is 45.3 Å². The van der Waals surface area contributed by atoms with E-state index in [0.29, 0.717) is 17.4 Å². The Kier molecular flexibility index (Phi) is 2.83. The number of para-hydroxylation sites is 1. The van der Waals surface area contributed by atoms with Crippen molar-refractivity contribution in [1.82, 2.24) is 9.55 Å². The summed E-state index contributed by atoms with van der Waals surface area (Å²) in [6.45, 7) is 2.19. The van der Waals surface area contributed by atoms with E-state index >= 15 is 0 Å². The van der Waals surface area contributed by atoms with Crippen molar-refractivity contribution < 1.29 is 0 Å². The lowest BCUT2D eigenvalue weighted by molar-refractivity contribution is 0.720. The molecule has 0 radical (unpaired) electrons. The van der Waals surface area contributed by atoms with Crippen LogP contribution in [0.1, 0.15) is 10.4 Å². The zero-order chi connectivity index (χ0) is 13.4. The second-order valence-electron chi connectivity index (χ2n) is 4.40. The van der Waals surface area contributed by atoms with Crippen molar-refractivity contribution in [3.63, 3.8) is 0 Å². The Morgan fingerprint density at radius 1 is 1.21 bits per heavy atom. The van der Waals surface area contributed by atoms with Crippen molar-refractivity contribution >= 4 is 22.2 Å². The van der Waals surface area contributed by atoms with Gasteiger partial charge < -0.3 is 4.98 Å². The fourth-order valence-electron chi connectivity index (χ4n) is 2.13. The molecule has 3 rings (SSSR count). The lowest BCUT2D eigenvalue weighted by Gasteiger charge is -2.06. The van der Waals surface area contributed by atoms with Gasteiger partial charge in [-0.3, -0.25) is 9.36 Å². The summed E-state index contributed by atoms with van der Waals surface area (Å²) in [7, 11) is 0. The van der Waals surface area contributed by atoms with Crippen LogP contribution in [0.25, 0.3) is 10.9 Å². The first-order valence-electron chi connectivity index (χ1n) is 5.91. The fraction of sp³-hybridized carbons (Fsp3) is 0.143. The SMILES string of the molecule is Cc1cccc2c(=O)n(Cc3cccs3)c(=O)[nH]c12. The highest BCUT2D eigenvalue weighted by atomic mass is 32.1. The number of thiophene rings is 1. The summed E-state index contributed by atoms with van der Waals surface area (Å²) < 4.78 is 1.24. The molecule has 3 aromatic rings. The topological polar surface area (TPSA) is 54.9 Å². The van der Waals surface area contributed by atoms with Gasteiger partial charge in [-0.25, -0.2) is 4.79 Å². The van der Waals surface area contributed by atoms with E-state index in [4.69, 9.17) is 0 Å². The van der Waals surface area contributed by atoms with Gasteiger partial charge in [-0.2, -0.15) is 0 Å². The third-order valence-corrected chi connectivity index (χ3v) is 3.98. The largest absolute Gasteiger partial charge is 0.329 e. The minimum absolute atomic E-state index is 0.240. The molecular weight excluding hydrogens is 260 g/mol. The normalized spacial score (nSPS) is 11.0. The summed E-state index contributed by atoms with van der Waals surface area (Å²) in [6, 6.07) is 9.27. The van der Waals surface area contributed by atoms with Crippen LogP contribution in [-0.2, 0) is 6.54 Å². The Morgan fingerprint density at radius 3 is 2.79 bits per heavy atom. The van der Waals surface area contributed by atoms with Crippen LogP contribution in [0.5, 0.6) is 0 Å². The predicted molar refractivity (Wildman–Crippen MR) is 77.0 cm³/mol. The number of aryl methyl sites for hydroxylation is 1. The molecule has 2 aromatic heterocycles. The number of fused-ring (bicyclic) bond motifs is 1. The van der Waals surface area contributed by atoms with Crippen LogP contribution in [0.3, 0.4) is 0 Å². The van der Waals surface area contributed by atoms with Crippen molar-refractivity contribution in [2.24, 2.45) is 0 Å². The third-order valence-electron chi connectivity index (χ3n) is 3.12. The number of hydrogen-bond donors (Lipinski definition) is 1. The van der Waals surface area contributed by atoms with Gasteiger partial charge >= 0.3 is 5.69 Å². The van der Waals surface area contributed by atoms with E-state index in [9.17, 15) is 9.59 Å². The Morgan fingerprint density at radius 2 is 2.05 bits per heavy atom. The third kappa shape index (κ3) is 2.02. The van der Waals surface area contributed by atoms with Crippen molar-refractivity contribution in [3.05, 3.63) is 67.0 Å². The minimum Gasteiger partial charge on any atom is -0.306 e. The standard InChI is InChI=1S/C14H12N2O2S/c1-9-4-2-6-11-12(9)15-14(18)16(13(11)17)8-10-5-3-7-19-10/h2-7H,8H2,1H3,(H,15,18). The number of benzene rings is 1. The number of rotatable bonds is 2. The minimum atomic E-state index is -0.361. The molecule has 19 heavy (non-hydrogen) atoms. The molecule has 0 aliphatic carbocycles. The van der Waals surface area contributed by atoms with Gasteiger partial charge in [0.1, 0.15) is 0 Å². The summed E-state index contributed by atoms with van der Waals surface area (Å²) in [5, 5.41) is 2.48. The Bertz CT molecular complexity index is 844. The molecule has 5 heteroatoms. The number of aromatic amines is 1. The molecule has 0 saturated heterocycles. The molecule has 1 N–H and O–H groups in total. The van der Waals surface area contributed by atoms with E-state index in [-0.39, 0.29) is 11.2 Å². The van der Waals surface area contributed by atoms with Gasteiger partial charge in [0, 0.05) is 4.88 Å². The highest BCUT2D eigenvalue weighted by Crippen LogP contribution is 2.12. The smallest absolute Gasteiger partial charge is 0.306 e. The van der Waals surface area contributed by atoms with E-state index in [1.807, 2.05) is 36.6 Å². The molecule has 0 saturated carbocycles. The molecule has 4 nitrogen and oxygen atoms in total. The summed E-state index contributed by atoms with van der Waals surface area (Å²) in [4.78, 5) is 28.2. The second kappa shape index (κ2) is 4.51. The average molecular weight is 272 g/mol. The molecule has 0 bridgehead atoms. The van der Waals surface area contributed by atoms with Gasteiger partial charge in [0.15, 0.2) is 0 Å². The molecule has 2 heterocycles. The van der Waals surface area contributed by atoms with E-state index in [1.54, 1.807) is 6.07 Å². The molecule has 0 aliphatic rings. The summed E-state index contributed by atoms with van der Waals surface area (Å²) >= 11 is 1.53. The molecule has 0 spiro atoms. The number of aromatic nitrogens is 2. The first-order valence-corrected chi connectivity index (χ1v) is 6.79. The van der Waals surface area contributed by atoms with Gasteiger partial charge in [0.25, 0.3) is 5.56 Å².